The summed E-state index contributed by atoms with van der Waals surface area (Å²) in [6.45, 7) is 6.68. The fourth-order valence-electron chi connectivity index (χ4n) is 3.48. The number of nitrogens with zero attached hydrogens (tertiary/aromatic N) is 2. The summed E-state index contributed by atoms with van der Waals surface area (Å²) < 4.78 is 11.5. The Balaban J connectivity index is 2.66. The highest BCUT2D eigenvalue weighted by molar-refractivity contribution is 5.67. The number of benzene rings is 2. The Morgan fingerprint density at radius 3 is 1.30 bits per heavy atom. The van der Waals surface area contributed by atoms with Crippen molar-refractivity contribution in [2.75, 3.05) is 0 Å². The van der Waals surface area contributed by atoms with Crippen LogP contribution >= 0.6 is 0 Å². The molecular weight excluding hydrogens is 380 g/mol. The van der Waals surface area contributed by atoms with Crippen molar-refractivity contribution in [3.63, 3.8) is 0 Å². The summed E-state index contributed by atoms with van der Waals surface area (Å²) in [7, 11) is 0. The minimum Gasteiger partial charge on any atom is -0.431 e. The highest BCUT2D eigenvalue weighted by atomic mass is 16.6. The molecule has 0 aliphatic carbocycles. The highest BCUT2D eigenvalue weighted by Crippen LogP contribution is 2.39. The van der Waals surface area contributed by atoms with E-state index in [1.54, 1.807) is 0 Å². The predicted octanol–water partition coefficient (Wildman–Crippen LogP) is 5.87. The van der Waals surface area contributed by atoms with E-state index in [1.807, 2.05) is 74.5 Å². The first-order chi connectivity index (χ1) is 14.4. The summed E-state index contributed by atoms with van der Waals surface area (Å²) in [5.41, 5.74) is -1.16. The van der Waals surface area contributed by atoms with E-state index in [-0.39, 0.29) is 0 Å². The van der Waals surface area contributed by atoms with Crippen LogP contribution in [0.5, 0.6) is 0 Å². The highest BCUT2D eigenvalue weighted by Gasteiger charge is 2.40. The predicted molar refractivity (Wildman–Crippen MR) is 114 cm³/mol. The van der Waals surface area contributed by atoms with Crippen LogP contribution in [-0.4, -0.2) is 11.9 Å². The molecule has 0 fully saturated rings. The van der Waals surface area contributed by atoms with Crippen LogP contribution < -0.4 is 0 Å². The van der Waals surface area contributed by atoms with E-state index in [4.69, 9.17) is 9.47 Å². The van der Waals surface area contributed by atoms with Crippen LogP contribution in [0.2, 0.25) is 0 Å². The molecule has 2 aromatic rings. The summed E-state index contributed by atoms with van der Waals surface area (Å²) in [6, 6.07) is 18.6. The van der Waals surface area contributed by atoms with Gasteiger partial charge in [-0.3, -0.25) is 9.59 Å². The van der Waals surface area contributed by atoms with Gasteiger partial charge in [-0.05, 0) is 12.8 Å². The molecule has 0 spiro atoms. The van der Waals surface area contributed by atoms with Gasteiger partial charge < -0.3 is 9.47 Å². The Labute approximate surface area is 178 Å². The number of esters is 2. The van der Waals surface area contributed by atoms with E-state index in [9.17, 15) is 9.59 Å². The van der Waals surface area contributed by atoms with Gasteiger partial charge in [-0.2, -0.15) is 0 Å². The average Bonchev–Trinajstić information content (AvgIpc) is 2.72. The second kappa shape index (κ2) is 10.7. The standard InChI is InChI=1S/C24H30N2O4/c1-5-17-23(29-19(3)27,21-13-9-7-10-14-21)25-26-24(18-6-2,30-20(4)28)22-15-11-8-12-16-22/h7-16H,5-6,17-18H2,1-4H3. The Kier molecular flexibility index (Phi) is 8.27. The number of hydrogen-bond donors (Lipinski definition) is 0. The van der Waals surface area contributed by atoms with Crippen LogP contribution in [0.1, 0.15) is 64.5 Å². The molecule has 2 aromatic carbocycles. The lowest BCUT2D eigenvalue weighted by molar-refractivity contribution is -0.165. The van der Waals surface area contributed by atoms with Gasteiger partial charge in [0, 0.05) is 37.8 Å². The summed E-state index contributed by atoms with van der Waals surface area (Å²) in [5.74, 6) is -0.918. The summed E-state index contributed by atoms with van der Waals surface area (Å²) in [5, 5.41) is 9.16. The number of rotatable bonds is 10. The van der Waals surface area contributed by atoms with Gasteiger partial charge in [-0.1, -0.05) is 74.5 Å². The third kappa shape index (κ3) is 5.75. The molecule has 0 heterocycles. The molecule has 0 N–H and O–H groups in total. The van der Waals surface area contributed by atoms with Gasteiger partial charge >= 0.3 is 11.9 Å². The van der Waals surface area contributed by atoms with Crippen LogP contribution in [0, 0.1) is 0 Å². The number of carbonyl (C=O) groups is 2. The van der Waals surface area contributed by atoms with E-state index < -0.39 is 23.4 Å². The molecule has 0 aromatic heterocycles. The second-order valence-corrected chi connectivity index (χ2v) is 7.19. The Morgan fingerprint density at radius 2 is 1.03 bits per heavy atom. The van der Waals surface area contributed by atoms with Crippen molar-refractivity contribution in [3.05, 3.63) is 71.8 Å². The summed E-state index contributed by atoms with van der Waals surface area (Å²) in [4.78, 5) is 24.0. The molecule has 0 radical (unpaired) electrons. The van der Waals surface area contributed by atoms with Gasteiger partial charge in [0.15, 0.2) is 0 Å². The Bertz CT molecular complexity index is 783. The van der Waals surface area contributed by atoms with Crippen LogP contribution in [0.25, 0.3) is 0 Å². The lowest BCUT2D eigenvalue weighted by Gasteiger charge is -2.32. The zero-order chi connectivity index (χ0) is 22.0. The van der Waals surface area contributed by atoms with Crippen molar-refractivity contribution < 1.29 is 19.1 Å². The third-order valence-corrected chi connectivity index (χ3v) is 4.63. The van der Waals surface area contributed by atoms with Gasteiger partial charge in [0.05, 0.1) is 0 Å². The van der Waals surface area contributed by atoms with E-state index in [2.05, 4.69) is 10.2 Å². The first kappa shape index (κ1) is 23.3. The lowest BCUT2D eigenvalue weighted by Crippen LogP contribution is -2.33. The minimum atomic E-state index is -1.30. The first-order valence-electron chi connectivity index (χ1n) is 10.3. The third-order valence-electron chi connectivity index (χ3n) is 4.63. The van der Waals surface area contributed by atoms with Gasteiger partial charge in [0.25, 0.3) is 0 Å². The second-order valence-electron chi connectivity index (χ2n) is 7.19. The van der Waals surface area contributed by atoms with Crippen molar-refractivity contribution in [2.24, 2.45) is 10.2 Å². The molecule has 0 saturated heterocycles. The molecule has 0 aliphatic heterocycles. The smallest absolute Gasteiger partial charge is 0.305 e. The molecule has 160 valence electrons. The quantitative estimate of drug-likeness (QED) is 0.362. The Morgan fingerprint density at radius 1 is 0.700 bits per heavy atom. The average molecular weight is 411 g/mol. The zero-order valence-corrected chi connectivity index (χ0v) is 18.1. The van der Waals surface area contributed by atoms with Crippen LogP contribution in [0.4, 0.5) is 0 Å². The molecule has 0 aliphatic rings. The molecule has 2 unspecified atom stereocenters. The van der Waals surface area contributed by atoms with Gasteiger partial charge in [-0.15, -0.1) is 10.2 Å². The van der Waals surface area contributed by atoms with Crippen molar-refractivity contribution in [3.8, 4) is 0 Å². The van der Waals surface area contributed by atoms with Crippen LogP contribution in [-0.2, 0) is 30.5 Å². The maximum atomic E-state index is 12.0. The van der Waals surface area contributed by atoms with Gasteiger partial charge in [0.1, 0.15) is 0 Å². The topological polar surface area (TPSA) is 77.3 Å². The van der Waals surface area contributed by atoms with Gasteiger partial charge in [-0.25, -0.2) is 0 Å². The maximum Gasteiger partial charge on any atom is 0.305 e. The molecule has 0 amide bonds. The van der Waals surface area contributed by atoms with Gasteiger partial charge in [0.2, 0.25) is 11.4 Å². The summed E-state index contributed by atoms with van der Waals surface area (Å²) in [6.07, 6.45) is 2.30. The number of hydrogen-bond acceptors (Lipinski definition) is 6. The van der Waals surface area contributed by atoms with Crippen molar-refractivity contribution in [1.29, 1.82) is 0 Å². The zero-order valence-electron chi connectivity index (χ0n) is 18.1. The van der Waals surface area contributed by atoms with E-state index in [1.165, 1.54) is 13.8 Å². The number of carbonyl (C=O) groups excluding carboxylic acids is 2. The lowest BCUT2D eigenvalue weighted by atomic mass is 9.97. The van der Waals surface area contributed by atoms with E-state index >= 15 is 0 Å². The molecule has 2 atom stereocenters. The monoisotopic (exact) mass is 410 g/mol. The van der Waals surface area contributed by atoms with Crippen molar-refractivity contribution in [2.45, 2.75) is 64.8 Å². The van der Waals surface area contributed by atoms with E-state index in [0.29, 0.717) is 36.8 Å². The largest absolute Gasteiger partial charge is 0.431 e. The fourth-order valence-corrected chi connectivity index (χ4v) is 3.48. The van der Waals surface area contributed by atoms with Crippen LogP contribution in [0.3, 0.4) is 0 Å². The SMILES string of the molecule is CCCC(N=NC(CCC)(OC(C)=O)c1ccccc1)(OC(C)=O)c1ccccc1. The molecule has 30 heavy (non-hydrogen) atoms. The Hall–Kier alpha value is -3.02. The molecule has 0 saturated carbocycles. The molecule has 6 heteroatoms. The normalized spacial score (nSPS) is 15.2. The number of ether oxygens (including phenoxy) is 2. The maximum absolute atomic E-state index is 12.0. The number of azo groups is 1. The first-order valence-corrected chi connectivity index (χ1v) is 10.3. The molecular formula is C24H30N2O4. The molecule has 2 rings (SSSR count). The fraction of sp³-hybridized carbons (Fsp3) is 0.417. The van der Waals surface area contributed by atoms with Crippen molar-refractivity contribution in [1.82, 2.24) is 0 Å². The summed E-state index contributed by atoms with van der Waals surface area (Å²) >= 11 is 0. The molecule has 0 bridgehead atoms. The minimum absolute atomic E-state index is 0.442. The van der Waals surface area contributed by atoms with Crippen molar-refractivity contribution >= 4 is 11.9 Å². The van der Waals surface area contributed by atoms with E-state index in [0.717, 1.165) is 0 Å². The van der Waals surface area contributed by atoms with Crippen LogP contribution in [0.15, 0.2) is 70.9 Å². The molecule has 6 nitrogen and oxygen atoms in total.